The van der Waals surface area contributed by atoms with Gasteiger partial charge in [-0.3, -0.25) is 4.79 Å². The summed E-state index contributed by atoms with van der Waals surface area (Å²) in [5.41, 5.74) is -0.300. The van der Waals surface area contributed by atoms with Gasteiger partial charge >= 0.3 is 6.18 Å². The zero-order valence-electron chi connectivity index (χ0n) is 11.6. The second-order valence-electron chi connectivity index (χ2n) is 6.62. The van der Waals surface area contributed by atoms with Gasteiger partial charge in [0.2, 0.25) is 0 Å². The van der Waals surface area contributed by atoms with Crippen molar-refractivity contribution in [1.29, 1.82) is 0 Å². The summed E-state index contributed by atoms with van der Waals surface area (Å²) in [5.74, 6) is -1.05. The normalized spacial score (nSPS) is 32.8. The highest BCUT2D eigenvalue weighted by atomic mass is 19.4. The van der Waals surface area contributed by atoms with Crippen LogP contribution in [0.2, 0.25) is 0 Å². The maximum Gasteiger partial charge on any atom is 0.393 e. The van der Waals surface area contributed by atoms with Crippen LogP contribution < -0.4 is 0 Å². The van der Waals surface area contributed by atoms with Gasteiger partial charge < -0.3 is 4.90 Å². The second kappa shape index (κ2) is 5.08. The predicted molar refractivity (Wildman–Crippen MR) is 66.7 cm³/mol. The largest absolute Gasteiger partial charge is 0.393 e. The molecular weight excluding hydrogens is 255 g/mol. The molecule has 1 aliphatic heterocycles. The highest BCUT2D eigenvalue weighted by molar-refractivity contribution is 5.87. The number of Topliss-reactive ketones (excluding diaryl/α,β-unsaturated/α-hetero) is 1. The van der Waals surface area contributed by atoms with Crippen LogP contribution in [0.3, 0.4) is 0 Å². The summed E-state index contributed by atoms with van der Waals surface area (Å²) in [6.45, 7) is 4.94. The molecule has 0 amide bonds. The van der Waals surface area contributed by atoms with Crippen molar-refractivity contribution >= 4 is 5.78 Å². The fourth-order valence-electron chi connectivity index (χ4n) is 3.35. The Labute approximate surface area is 112 Å². The minimum atomic E-state index is -4.09. The molecule has 5 heteroatoms. The van der Waals surface area contributed by atoms with E-state index in [9.17, 15) is 18.0 Å². The van der Waals surface area contributed by atoms with Crippen LogP contribution in [0.15, 0.2) is 0 Å². The molecule has 0 bridgehead atoms. The Morgan fingerprint density at radius 2 is 2.00 bits per heavy atom. The zero-order valence-corrected chi connectivity index (χ0v) is 11.6. The lowest BCUT2D eigenvalue weighted by Gasteiger charge is -2.35. The van der Waals surface area contributed by atoms with Crippen molar-refractivity contribution in [2.24, 2.45) is 17.3 Å². The van der Waals surface area contributed by atoms with E-state index in [0.29, 0.717) is 13.1 Å². The van der Waals surface area contributed by atoms with Crippen molar-refractivity contribution < 1.29 is 18.0 Å². The average Bonchev–Trinajstić information content (AvgIpc) is 2.73. The number of likely N-dealkylation sites (tertiary alicyclic amines) is 1. The van der Waals surface area contributed by atoms with Gasteiger partial charge in [-0.15, -0.1) is 0 Å². The number of ketones is 1. The summed E-state index contributed by atoms with van der Waals surface area (Å²) in [5, 5.41) is 0. The van der Waals surface area contributed by atoms with Crippen molar-refractivity contribution in [3.63, 3.8) is 0 Å². The van der Waals surface area contributed by atoms with Crippen molar-refractivity contribution in [2.45, 2.75) is 45.7 Å². The van der Waals surface area contributed by atoms with Crippen LogP contribution in [0.1, 0.15) is 39.5 Å². The quantitative estimate of drug-likeness (QED) is 0.772. The molecule has 0 aromatic heterocycles. The van der Waals surface area contributed by atoms with Crippen molar-refractivity contribution in [3.8, 4) is 0 Å². The van der Waals surface area contributed by atoms with E-state index in [1.807, 2.05) is 18.7 Å². The van der Waals surface area contributed by atoms with Gasteiger partial charge in [-0.25, -0.2) is 0 Å². The van der Waals surface area contributed by atoms with Gasteiger partial charge in [0, 0.05) is 24.4 Å². The molecule has 2 fully saturated rings. The van der Waals surface area contributed by atoms with E-state index >= 15 is 0 Å². The number of carbonyl (C=O) groups excluding carboxylic acids is 1. The van der Waals surface area contributed by atoms with Gasteiger partial charge in [0.15, 0.2) is 0 Å². The monoisotopic (exact) mass is 277 g/mol. The van der Waals surface area contributed by atoms with Crippen LogP contribution in [0.25, 0.3) is 0 Å². The molecule has 1 saturated heterocycles. The van der Waals surface area contributed by atoms with Crippen molar-refractivity contribution in [1.82, 2.24) is 4.90 Å². The topological polar surface area (TPSA) is 20.3 Å². The molecule has 0 N–H and O–H groups in total. The van der Waals surface area contributed by atoms with Crippen LogP contribution in [0.4, 0.5) is 13.2 Å². The molecule has 2 rings (SSSR count). The first-order chi connectivity index (χ1) is 8.70. The van der Waals surface area contributed by atoms with Gasteiger partial charge in [-0.1, -0.05) is 20.3 Å². The first-order valence-corrected chi connectivity index (χ1v) is 7.03. The summed E-state index contributed by atoms with van der Waals surface area (Å²) < 4.78 is 37.9. The van der Waals surface area contributed by atoms with Gasteiger partial charge in [0.05, 0.1) is 5.92 Å². The number of carbonyl (C=O) groups is 1. The molecule has 2 aliphatic rings. The minimum absolute atomic E-state index is 0.0632. The zero-order chi connectivity index (χ0) is 14.3. The molecule has 1 saturated carbocycles. The Kier molecular flexibility index (Phi) is 3.96. The maximum atomic E-state index is 12.6. The van der Waals surface area contributed by atoms with E-state index in [0.717, 1.165) is 19.3 Å². The van der Waals surface area contributed by atoms with Crippen LogP contribution in [-0.2, 0) is 4.79 Å². The summed E-state index contributed by atoms with van der Waals surface area (Å²) >= 11 is 0. The van der Waals surface area contributed by atoms with E-state index in [1.54, 1.807) is 0 Å². The molecule has 0 aromatic carbocycles. The van der Waals surface area contributed by atoms with Crippen LogP contribution >= 0.6 is 0 Å². The van der Waals surface area contributed by atoms with Crippen molar-refractivity contribution in [3.05, 3.63) is 0 Å². The van der Waals surface area contributed by atoms with Crippen LogP contribution in [0, 0.1) is 17.3 Å². The molecule has 110 valence electrons. The Balaban J connectivity index is 1.91. The molecule has 19 heavy (non-hydrogen) atoms. The maximum absolute atomic E-state index is 12.6. The van der Waals surface area contributed by atoms with Gasteiger partial charge in [0.25, 0.3) is 0 Å². The first kappa shape index (κ1) is 14.8. The average molecular weight is 277 g/mol. The molecule has 1 aliphatic carbocycles. The molecule has 2 atom stereocenters. The Hall–Kier alpha value is -0.580. The predicted octanol–water partition coefficient (Wildman–Crippen LogP) is 3.27. The molecule has 0 spiro atoms. The fourth-order valence-corrected chi connectivity index (χ4v) is 3.35. The van der Waals surface area contributed by atoms with Gasteiger partial charge in [0.1, 0.15) is 5.78 Å². The van der Waals surface area contributed by atoms with E-state index < -0.39 is 12.1 Å². The molecule has 2 nitrogen and oxygen atoms in total. The highest BCUT2D eigenvalue weighted by Crippen LogP contribution is 2.38. The Morgan fingerprint density at radius 1 is 1.32 bits per heavy atom. The number of halogens is 3. The number of nitrogens with zero attached hydrogens (tertiary/aromatic N) is 1. The molecular formula is C14H22F3NO. The van der Waals surface area contributed by atoms with Gasteiger partial charge in [-0.05, 0) is 25.8 Å². The SMILES string of the molecule is CC1(C)CCCC(CN2CCC(C(F)(F)F)C2)C1=O. The third-order valence-corrected chi connectivity index (χ3v) is 4.61. The minimum Gasteiger partial charge on any atom is -0.302 e. The van der Waals surface area contributed by atoms with E-state index in [1.165, 1.54) is 0 Å². The second-order valence-corrected chi connectivity index (χ2v) is 6.62. The van der Waals surface area contributed by atoms with E-state index in [2.05, 4.69) is 0 Å². The third-order valence-electron chi connectivity index (χ3n) is 4.61. The molecule has 0 aromatic rings. The fraction of sp³-hybridized carbons (Fsp3) is 0.929. The number of hydrogen-bond acceptors (Lipinski definition) is 2. The van der Waals surface area contributed by atoms with Crippen LogP contribution in [-0.4, -0.2) is 36.5 Å². The lowest BCUT2D eigenvalue weighted by molar-refractivity contribution is -0.170. The van der Waals surface area contributed by atoms with E-state index in [-0.39, 0.29) is 30.1 Å². The Bertz CT molecular complexity index is 351. The smallest absolute Gasteiger partial charge is 0.302 e. The third kappa shape index (κ3) is 3.30. The first-order valence-electron chi connectivity index (χ1n) is 7.03. The van der Waals surface area contributed by atoms with E-state index in [4.69, 9.17) is 0 Å². The lowest BCUT2D eigenvalue weighted by atomic mass is 9.71. The number of hydrogen-bond donors (Lipinski definition) is 0. The van der Waals surface area contributed by atoms with Crippen LogP contribution in [0.5, 0.6) is 0 Å². The molecule has 0 radical (unpaired) electrons. The molecule has 2 unspecified atom stereocenters. The number of rotatable bonds is 2. The molecule has 1 heterocycles. The Morgan fingerprint density at radius 3 is 2.58 bits per heavy atom. The summed E-state index contributed by atoms with van der Waals surface area (Å²) in [7, 11) is 0. The summed E-state index contributed by atoms with van der Waals surface area (Å²) in [6.07, 6.45) is -1.19. The summed E-state index contributed by atoms with van der Waals surface area (Å²) in [6, 6.07) is 0. The highest BCUT2D eigenvalue weighted by Gasteiger charge is 2.45. The number of alkyl halides is 3. The van der Waals surface area contributed by atoms with Gasteiger partial charge in [-0.2, -0.15) is 13.2 Å². The lowest BCUT2D eigenvalue weighted by Crippen LogP contribution is -2.41. The summed E-state index contributed by atoms with van der Waals surface area (Å²) in [4.78, 5) is 14.1. The van der Waals surface area contributed by atoms with Crippen molar-refractivity contribution in [2.75, 3.05) is 19.6 Å². The standard InChI is InChI=1S/C14H22F3NO/c1-13(2)6-3-4-10(12(13)19)8-18-7-5-11(9-18)14(15,16)17/h10-11H,3-9H2,1-2H3.